The highest BCUT2D eigenvalue weighted by atomic mass is 32.2. The van der Waals surface area contributed by atoms with Crippen LogP contribution in [0.15, 0.2) is 29.8 Å². The average Bonchev–Trinajstić information content (AvgIpc) is 4.17. The van der Waals surface area contributed by atoms with Gasteiger partial charge in [-0.05, 0) is 43.2 Å². The quantitative estimate of drug-likeness (QED) is 0.0382. The van der Waals surface area contributed by atoms with E-state index < -0.39 is 46.7 Å². The highest BCUT2D eigenvalue weighted by molar-refractivity contribution is 8.00. The number of urea groups is 1. The first kappa shape index (κ1) is 61.8. The van der Waals surface area contributed by atoms with E-state index in [1.165, 1.54) is 4.90 Å². The average molecular weight is 1090 g/mol. The standard InChI is InChI=1S/C52H84N8O13S2/c1-35(37-11-13-38(14-12-37)46-36(2)55-34-75-46)56-48(64)41-27-39(61)28-60(41)49(65)47(51(3,4)5)58-44(63)29-73-33-52(6,31-71-25-23-69-21-19-67-17-15-53)32-72-26-24-70-22-20-68-18-16-54-43(62)10-8-7-9-42-45-40(30-74-42)57-50(66)59-45/h11-14,34-35,39-42,45,47,61H,7-10,15-33,53H2,1-6H3,(H,54,62)(H,56,64)(H,58,63)(H2,57,59,66)/t35-,39+,40-,41-,42-,45-,47+,52?/m0/s1. The van der Waals surface area contributed by atoms with Gasteiger partial charge in [0.1, 0.15) is 18.7 Å². The minimum Gasteiger partial charge on any atom is -0.391 e. The zero-order valence-electron chi connectivity index (χ0n) is 44.8. The number of nitrogens with one attached hydrogen (secondary N) is 5. The first-order chi connectivity index (χ1) is 36.0. The molecular formula is C52H84N8O13S2. The van der Waals surface area contributed by atoms with Crippen molar-refractivity contribution in [3.8, 4) is 10.4 Å². The van der Waals surface area contributed by atoms with E-state index in [1.54, 1.807) is 11.3 Å². The largest absolute Gasteiger partial charge is 0.391 e. The van der Waals surface area contributed by atoms with Crippen molar-refractivity contribution >= 4 is 52.8 Å². The van der Waals surface area contributed by atoms with E-state index in [4.69, 9.17) is 38.9 Å². The molecule has 0 spiro atoms. The Kier molecular flexibility index (Phi) is 26.4. The molecule has 5 rings (SSSR count). The number of nitrogens with two attached hydrogens (primary N) is 1. The maximum Gasteiger partial charge on any atom is 0.315 e. The fraction of sp³-hybridized carbons (Fsp3) is 0.731. The molecule has 0 bridgehead atoms. The summed E-state index contributed by atoms with van der Waals surface area (Å²) in [5.74, 6) is -0.469. The number of ether oxygens (including phenoxy) is 7. The van der Waals surface area contributed by atoms with Crippen LogP contribution in [0.4, 0.5) is 4.79 Å². The Balaban J connectivity index is 1.00. The lowest BCUT2D eigenvalue weighted by molar-refractivity contribution is -0.145. The van der Waals surface area contributed by atoms with E-state index in [-0.39, 0.29) is 76.1 Å². The predicted molar refractivity (Wildman–Crippen MR) is 286 cm³/mol. The topological polar surface area (TPSA) is 272 Å². The second kappa shape index (κ2) is 32.0. The molecule has 3 aliphatic heterocycles. The van der Waals surface area contributed by atoms with Gasteiger partial charge in [0, 0.05) is 48.9 Å². The normalized spacial score (nSPS) is 21.0. The van der Waals surface area contributed by atoms with Gasteiger partial charge >= 0.3 is 6.03 Å². The molecule has 75 heavy (non-hydrogen) atoms. The number of unbranched alkanes of at least 4 members (excludes halogenated alkanes) is 1. The van der Waals surface area contributed by atoms with Crippen LogP contribution in [-0.4, -0.2) is 198 Å². The fourth-order valence-corrected chi connectivity index (χ4v) is 11.3. The predicted octanol–water partition coefficient (Wildman–Crippen LogP) is 2.71. The number of thioether (sulfide) groups is 1. The number of aryl methyl sites for hydroxylation is 1. The van der Waals surface area contributed by atoms with Crippen LogP contribution in [0, 0.1) is 17.8 Å². The molecular weight excluding hydrogens is 1010 g/mol. The van der Waals surface area contributed by atoms with Gasteiger partial charge in [0.05, 0.1) is 126 Å². The van der Waals surface area contributed by atoms with Crippen LogP contribution in [0.3, 0.4) is 0 Å². The molecule has 1 aromatic carbocycles. The van der Waals surface area contributed by atoms with Crippen molar-refractivity contribution in [2.75, 3.05) is 118 Å². The monoisotopic (exact) mass is 1090 g/mol. The minimum absolute atomic E-state index is 0.00575. The molecule has 8 atom stereocenters. The molecule has 6 amide bonds. The number of carbonyl (C=O) groups excluding carboxylic acids is 5. The van der Waals surface area contributed by atoms with Gasteiger partial charge in [0.2, 0.25) is 23.6 Å². The number of thiazole rings is 1. The second-order valence-corrected chi connectivity index (χ2v) is 22.9. The number of fused-ring (bicyclic) bond motifs is 1. The van der Waals surface area contributed by atoms with Crippen molar-refractivity contribution in [1.82, 2.24) is 36.5 Å². The molecule has 1 unspecified atom stereocenters. The molecule has 1 aromatic heterocycles. The van der Waals surface area contributed by atoms with Crippen molar-refractivity contribution in [3.63, 3.8) is 0 Å². The Hall–Kier alpha value is -4.01. The highest BCUT2D eigenvalue weighted by Gasteiger charge is 2.45. The van der Waals surface area contributed by atoms with Gasteiger partial charge < -0.3 is 75.5 Å². The first-order valence-corrected chi connectivity index (χ1v) is 28.2. The van der Waals surface area contributed by atoms with Crippen molar-refractivity contribution in [1.29, 1.82) is 0 Å². The van der Waals surface area contributed by atoms with Gasteiger partial charge in [0.25, 0.3) is 0 Å². The number of benzene rings is 1. The van der Waals surface area contributed by atoms with E-state index in [0.29, 0.717) is 84.2 Å². The van der Waals surface area contributed by atoms with E-state index in [1.807, 2.05) is 83.1 Å². The molecule has 422 valence electrons. The number of amides is 6. The maximum atomic E-state index is 14.3. The molecule has 3 fully saturated rings. The summed E-state index contributed by atoms with van der Waals surface area (Å²) in [7, 11) is 0. The van der Waals surface area contributed by atoms with Gasteiger partial charge in [-0.3, -0.25) is 19.2 Å². The van der Waals surface area contributed by atoms with Gasteiger partial charge in [-0.25, -0.2) is 9.78 Å². The summed E-state index contributed by atoms with van der Waals surface area (Å²) < 4.78 is 40.2. The first-order valence-electron chi connectivity index (χ1n) is 26.3. The Morgan fingerprint density at radius 1 is 0.840 bits per heavy atom. The number of carbonyl (C=O) groups is 5. The summed E-state index contributed by atoms with van der Waals surface area (Å²) in [6.07, 6.45) is 2.30. The van der Waals surface area contributed by atoms with Crippen molar-refractivity contribution in [2.24, 2.45) is 16.6 Å². The summed E-state index contributed by atoms with van der Waals surface area (Å²) >= 11 is 3.44. The van der Waals surface area contributed by atoms with Crippen LogP contribution in [0.1, 0.15) is 84.0 Å². The third-order valence-electron chi connectivity index (χ3n) is 13.0. The maximum absolute atomic E-state index is 14.3. The van der Waals surface area contributed by atoms with Crippen molar-refractivity contribution < 1.29 is 62.2 Å². The van der Waals surface area contributed by atoms with Crippen LogP contribution >= 0.6 is 23.1 Å². The molecule has 3 saturated heterocycles. The van der Waals surface area contributed by atoms with Crippen LogP contribution in [0.25, 0.3) is 10.4 Å². The molecule has 0 radical (unpaired) electrons. The number of hydrogen-bond acceptors (Lipinski definition) is 17. The SMILES string of the molecule is Cc1ncsc1-c1ccc([C@H](C)NC(=O)[C@@H]2C[C@@H](O)CN2C(=O)[C@@H](NC(=O)COCC(C)(COCCOCCOCCN)COCCOCCOCCNC(=O)CCCC[C@@H]2SC[C@@H]3NC(=O)N[C@@H]32)C(C)(C)C)cc1. The van der Waals surface area contributed by atoms with Crippen LogP contribution < -0.4 is 32.3 Å². The summed E-state index contributed by atoms with van der Waals surface area (Å²) in [4.78, 5) is 72.3. The van der Waals surface area contributed by atoms with Crippen molar-refractivity contribution in [2.45, 2.75) is 115 Å². The zero-order valence-corrected chi connectivity index (χ0v) is 46.5. The Bertz CT molecular complexity index is 2070. The lowest BCUT2D eigenvalue weighted by atomic mass is 9.85. The van der Waals surface area contributed by atoms with Gasteiger partial charge in [-0.1, -0.05) is 58.4 Å². The molecule has 0 aliphatic carbocycles. The zero-order chi connectivity index (χ0) is 54.2. The van der Waals surface area contributed by atoms with Crippen LogP contribution in [0.2, 0.25) is 0 Å². The second-order valence-electron chi connectivity index (χ2n) is 20.7. The Morgan fingerprint density at radius 3 is 2.09 bits per heavy atom. The van der Waals surface area contributed by atoms with E-state index >= 15 is 0 Å². The van der Waals surface area contributed by atoms with Gasteiger partial charge in [0.15, 0.2) is 0 Å². The van der Waals surface area contributed by atoms with E-state index in [9.17, 15) is 29.1 Å². The summed E-state index contributed by atoms with van der Waals surface area (Å²) in [6, 6.07) is 5.86. The number of nitrogens with zero attached hydrogens (tertiary/aromatic N) is 2. The summed E-state index contributed by atoms with van der Waals surface area (Å²) in [5, 5.41) is 25.9. The molecule has 0 saturated carbocycles. The lowest BCUT2D eigenvalue weighted by Crippen LogP contribution is -2.58. The molecule has 4 heterocycles. The number of β-amino-alcohol motifs (C(OH)–C–C–N with tert-alkyl or cyclic N) is 1. The molecule has 3 aliphatic rings. The smallest absolute Gasteiger partial charge is 0.315 e. The summed E-state index contributed by atoms with van der Waals surface area (Å²) in [5.41, 5.74) is 8.70. The number of aliphatic hydroxyl groups excluding tert-OH is 1. The third-order valence-corrected chi connectivity index (χ3v) is 15.5. The number of aromatic nitrogens is 1. The van der Waals surface area contributed by atoms with Crippen LogP contribution in [-0.2, 0) is 52.3 Å². The Morgan fingerprint density at radius 2 is 1.47 bits per heavy atom. The van der Waals surface area contributed by atoms with E-state index in [0.717, 1.165) is 46.7 Å². The number of aliphatic hydroxyl groups is 1. The molecule has 8 N–H and O–H groups in total. The van der Waals surface area contributed by atoms with Crippen LogP contribution in [0.5, 0.6) is 0 Å². The summed E-state index contributed by atoms with van der Waals surface area (Å²) in [6.45, 7) is 15.8. The molecule has 21 nitrogen and oxygen atoms in total. The lowest BCUT2D eigenvalue weighted by Gasteiger charge is -2.35. The molecule has 2 aromatic rings. The van der Waals surface area contributed by atoms with Gasteiger partial charge in [-0.2, -0.15) is 11.8 Å². The fourth-order valence-electron chi connectivity index (χ4n) is 8.96. The van der Waals surface area contributed by atoms with Crippen molar-refractivity contribution in [3.05, 3.63) is 41.0 Å². The number of rotatable bonds is 36. The number of hydrogen-bond donors (Lipinski definition) is 7. The highest BCUT2D eigenvalue weighted by Crippen LogP contribution is 2.34. The number of likely N-dealkylation sites (tertiary alicyclic amines) is 1. The molecule has 23 heteroatoms. The Labute approximate surface area is 450 Å². The van der Waals surface area contributed by atoms with E-state index in [2.05, 4.69) is 31.6 Å². The minimum atomic E-state index is -1.03. The third kappa shape index (κ3) is 21.0. The van der Waals surface area contributed by atoms with Gasteiger partial charge in [-0.15, -0.1) is 11.3 Å².